The standard InChI is InChI=1S/C10H16O5/c1-7(11)13-6-9-4-3-5-10(15-9)14-8(2)12/h9-10H,3-6H2,1-2H3. The lowest BCUT2D eigenvalue weighted by Crippen LogP contribution is -2.34. The Balaban J connectivity index is 2.28. The highest BCUT2D eigenvalue weighted by Crippen LogP contribution is 2.20. The van der Waals surface area contributed by atoms with E-state index in [9.17, 15) is 9.59 Å². The lowest BCUT2D eigenvalue weighted by Gasteiger charge is -2.28. The van der Waals surface area contributed by atoms with Crippen LogP contribution in [0.5, 0.6) is 0 Å². The van der Waals surface area contributed by atoms with Gasteiger partial charge >= 0.3 is 11.9 Å². The first-order chi connectivity index (χ1) is 7.08. The Kier molecular flexibility index (Phi) is 4.55. The van der Waals surface area contributed by atoms with Gasteiger partial charge in [-0.3, -0.25) is 9.59 Å². The van der Waals surface area contributed by atoms with Gasteiger partial charge in [0.05, 0.1) is 6.10 Å². The Bertz CT molecular complexity index is 238. The summed E-state index contributed by atoms with van der Waals surface area (Å²) in [6.45, 7) is 2.93. The third-order valence-electron chi connectivity index (χ3n) is 2.08. The lowest BCUT2D eigenvalue weighted by molar-refractivity contribution is -0.208. The van der Waals surface area contributed by atoms with E-state index in [2.05, 4.69) is 0 Å². The number of ether oxygens (including phenoxy) is 3. The molecule has 0 aliphatic carbocycles. The summed E-state index contributed by atoms with van der Waals surface area (Å²) >= 11 is 0. The summed E-state index contributed by atoms with van der Waals surface area (Å²) in [4.78, 5) is 21.3. The van der Waals surface area contributed by atoms with Gasteiger partial charge in [-0.05, 0) is 12.8 Å². The highest BCUT2D eigenvalue weighted by atomic mass is 16.7. The van der Waals surface area contributed by atoms with Crippen molar-refractivity contribution in [3.05, 3.63) is 0 Å². The largest absolute Gasteiger partial charge is 0.463 e. The van der Waals surface area contributed by atoms with E-state index in [1.54, 1.807) is 0 Å². The smallest absolute Gasteiger partial charge is 0.304 e. The highest BCUT2D eigenvalue weighted by Gasteiger charge is 2.24. The van der Waals surface area contributed by atoms with Crippen molar-refractivity contribution < 1.29 is 23.8 Å². The molecule has 0 N–H and O–H groups in total. The van der Waals surface area contributed by atoms with Crippen LogP contribution in [0.2, 0.25) is 0 Å². The maximum atomic E-state index is 10.7. The number of esters is 2. The number of rotatable bonds is 3. The van der Waals surface area contributed by atoms with Gasteiger partial charge in [-0.25, -0.2) is 0 Å². The molecule has 1 aliphatic heterocycles. The summed E-state index contributed by atoms with van der Waals surface area (Å²) in [5.41, 5.74) is 0. The van der Waals surface area contributed by atoms with E-state index in [1.807, 2.05) is 0 Å². The number of hydrogen-bond acceptors (Lipinski definition) is 5. The molecule has 5 heteroatoms. The normalized spacial score (nSPS) is 25.7. The third-order valence-corrected chi connectivity index (χ3v) is 2.08. The van der Waals surface area contributed by atoms with E-state index in [4.69, 9.17) is 14.2 Å². The van der Waals surface area contributed by atoms with E-state index in [1.165, 1.54) is 13.8 Å². The topological polar surface area (TPSA) is 61.8 Å². The molecule has 2 atom stereocenters. The third kappa shape index (κ3) is 4.78. The molecule has 0 bridgehead atoms. The van der Waals surface area contributed by atoms with Crippen LogP contribution in [-0.4, -0.2) is 30.9 Å². The second-order valence-electron chi connectivity index (χ2n) is 3.53. The molecule has 0 radical (unpaired) electrons. The van der Waals surface area contributed by atoms with Crippen LogP contribution in [0.4, 0.5) is 0 Å². The second-order valence-corrected chi connectivity index (χ2v) is 3.53. The predicted molar refractivity (Wildman–Crippen MR) is 50.9 cm³/mol. The van der Waals surface area contributed by atoms with Gasteiger partial charge in [-0.15, -0.1) is 0 Å². The first-order valence-electron chi connectivity index (χ1n) is 5.04. The van der Waals surface area contributed by atoms with E-state index in [0.29, 0.717) is 6.42 Å². The molecule has 1 rings (SSSR count). The Labute approximate surface area is 88.7 Å². The van der Waals surface area contributed by atoms with Crippen LogP contribution < -0.4 is 0 Å². The van der Waals surface area contributed by atoms with Gasteiger partial charge in [0.1, 0.15) is 6.61 Å². The fourth-order valence-corrected chi connectivity index (χ4v) is 1.47. The average molecular weight is 216 g/mol. The molecule has 86 valence electrons. The molecule has 1 fully saturated rings. The quantitative estimate of drug-likeness (QED) is 0.659. The van der Waals surface area contributed by atoms with Gasteiger partial charge in [0, 0.05) is 20.3 Å². The fraction of sp³-hybridized carbons (Fsp3) is 0.800. The molecule has 0 amide bonds. The molecule has 0 saturated carbocycles. The van der Waals surface area contributed by atoms with Crippen LogP contribution in [0, 0.1) is 0 Å². The molecule has 1 heterocycles. The number of hydrogen-bond donors (Lipinski definition) is 0. The van der Waals surface area contributed by atoms with Crippen LogP contribution in [0.15, 0.2) is 0 Å². The zero-order valence-electron chi connectivity index (χ0n) is 9.02. The van der Waals surface area contributed by atoms with E-state index in [0.717, 1.165) is 12.8 Å². The van der Waals surface area contributed by atoms with Crippen LogP contribution >= 0.6 is 0 Å². The van der Waals surface area contributed by atoms with Gasteiger partial charge in [0.2, 0.25) is 6.29 Å². The summed E-state index contributed by atoms with van der Waals surface area (Å²) < 4.78 is 15.2. The summed E-state index contributed by atoms with van der Waals surface area (Å²) in [6.07, 6.45) is 1.79. The fourth-order valence-electron chi connectivity index (χ4n) is 1.47. The van der Waals surface area contributed by atoms with Gasteiger partial charge in [0.25, 0.3) is 0 Å². The molecule has 0 aromatic carbocycles. The maximum Gasteiger partial charge on any atom is 0.304 e. The number of carbonyl (C=O) groups excluding carboxylic acids is 2. The molecule has 0 aromatic heterocycles. The van der Waals surface area contributed by atoms with Crippen molar-refractivity contribution in [2.24, 2.45) is 0 Å². The zero-order valence-corrected chi connectivity index (χ0v) is 9.02. The SMILES string of the molecule is CC(=O)OCC1CCCC(OC(C)=O)O1. The molecular weight excluding hydrogens is 200 g/mol. The van der Waals surface area contributed by atoms with Crippen LogP contribution in [0.3, 0.4) is 0 Å². The van der Waals surface area contributed by atoms with Gasteiger partial charge in [-0.2, -0.15) is 0 Å². The average Bonchev–Trinajstić information content (AvgIpc) is 2.14. The van der Waals surface area contributed by atoms with E-state index < -0.39 is 6.29 Å². The van der Waals surface area contributed by atoms with E-state index >= 15 is 0 Å². The second kappa shape index (κ2) is 5.70. The van der Waals surface area contributed by atoms with E-state index in [-0.39, 0.29) is 24.6 Å². The zero-order chi connectivity index (χ0) is 11.3. The predicted octanol–water partition coefficient (Wildman–Crippen LogP) is 1.01. The molecule has 2 unspecified atom stereocenters. The van der Waals surface area contributed by atoms with Gasteiger partial charge in [-0.1, -0.05) is 0 Å². The lowest BCUT2D eigenvalue weighted by atomic mass is 10.1. The molecule has 0 aromatic rings. The highest BCUT2D eigenvalue weighted by molar-refractivity contribution is 5.66. The van der Waals surface area contributed by atoms with Crippen LogP contribution in [0.1, 0.15) is 33.1 Å². The minimum Gasteiger partial charge on any atom is -0.463 e. The molecule has 1 saturated heterocycles. The molecule has 15 heavy (non-hydrogen) atoms. The Morgan fingerprint density at radius 2 is 2.00 bits per heavy atom. The Morgan fingerprint density at radius 3 is 2.60 bits per heavy atom. The minimum absolute atomic E-state index is 0.160. The Hall–Kier alpha value is -1.10. The maximum absolute atomic E-state index is 10.7. The van der Waals surface area contributed by atoms with Crippen LogP contribution in [-0.2, 0) is 23.8 Å². The Morgan fingerprint density at radius 1 is 1.27 bits per heavy atom. The molecule has 1 aliphatic rings. The van der Waals surface area contributed by atoms with Crippen molar-refractivity contribution in [3.8, 4) is 0 Å². The van der Waals surface area contributed by atoms with Crippen molar-refractivity contribution in [1.82, 2.24) is 0 Å². The molecule has 5 nitrogen and oxygen atoms in total. The van der Waals surface area contributed by atoms with Crippen molar-refractivity contribution in [2.45, 2.75) is 45.5 Å². The monoisotopic (exact) mass is 216 g/mol. The summed E-state index contributed by atoms with van der Waals surface area (Å²) in [6, 6.07) is 0. The van der Waals surface area contributed by atoms with Crippen LogP contribution in [0.25, 0.3) is 0 Å². The number of carbonyl (C=O) groups is 2. The van der Waals surface area contributed by atoms with Crippen molar-refractivity contribution >= 4 is 11.9 Å². The summed E-state index contributed by atoms with van der Waals surface area (Å²) in [5, 5.41) is 0. The minimum atomic E-state index is -0.489. The first kappa shape index (κ1) is 12.0. The first-order valence-corrected chi connectivity index (χ1v) is 5.04. The molecular formula is C10H16O5. The van der Waals surface area contributed by atoms with Crippen molar-refractivity contribution in [2.75, 3.05) is 6.61 Å². The molecule has 0 spiro atoms. The van der Waals surface area contributed by atoms with Gasteiger partial charge in [0.15, 0.2) is 0 Å². The summed E-state index contributed by atoms with van der Waals surface area (Å²) in [5.74, 6) is -0.679. The van der Waals surface area contributed by atoms with Crippen molar-refractivity contribution in [3.63, 3.8) is 0 Å². The summed E-state index contributed by atoms with van der Waals surface area (Å²) in [7, 11) is 0. The van der Waals surface area contributed by atoms with Gasteiger partial charge < -0.3 is 14.2 Å². The van der Waals surface area contributed by atoms with Crippen molar-refractivity contribution in [1.29, 1.82) is 0 Å².